The predicted molar refractivity (Wildman–Crippen MR) is 155 cm³/mol. The van der Waals surface area contributed by atoms with Gasteiger partial charge in [-0.05, 0) is 48.7 Å². The number of nitrogens with zero attached hydrogens (tertiary/aromatic N) is 3. The highest BCUT2D eigenvalue weighted by Gasteiger charge is 2.42. The molecule has 4 aromatic carbocycles. The quantitative estimate of drug-likeness (QED) is 0.266. The summed E-state index contributed by atoms with van der Waals surface area (Å²) < 4.78 is 2.31. The summed E-state index contributed by atoms with van der Waals surface area (Å²) in [4.78, 5) is 0. The molecule has 182 valence electrons. The molecule has 1 unspecified atom stereocenters. The second kappa shape index (κ2) is 9.33. The lowest BCUT2D eigenvalue weighted by molar-refractivity contribution is -0.401. The maximum atomic E-state index is 5.10. The molecule has 2 aliphatic heterocycles. The SMILES string of the molecule is C[N+]1=C(/C=C/c2ccc(N3N=C(c4ccccc4)CC3c3ccccc3)cc2)C(C)(C)c2ccccc21. The van der Waals surface area contributed by atoms with E-state index in [0.29, 0.717) is 0 Å². The van der Waals surface area contributed by atoms with Crippen molar-refractivity contribution in [2.75, 3.05) is 12.1 Å². The van der Waals surface area contributed by atoms with E-state index in [2.05, 4.69) is 152 Å². The number of anilines is 1. The summed E-state index contributed by atoms with van der Waals surface area (Å²) in [6.07, 6.45) is 5.37. The van der Waals surface area contributed by atoms with Gasteiger partial charge in [-0.3, -0.25) is 5.01 Å². The lowest BCUT2D eigenvalue weighted by Gasteiger charge is -2.24. The molecule has 3 nitrogen and oxygen atoms in total. The minimum absolute atomic E-state index is 0.0250. The second-order valence-electron chi connectivity index (χ2n) is 10.4. The lowest BCUT2D eigenvalue weighted by Crippen LogP contribution is -2.26. The molecule has 2 aliphatic rings. The summed E-state index contributed by atoms with van der Waals surface area (Å²) in [6, 6.07) is 38.9. The first-order valence-corrected chi connectivity index (χ1v) is 13.0. The fourth-order valence-electron chi connectivity index (χ4n) is 5.70. The van der Waals surface area contributed by atoms with Gasteiger partial charge < -0.3 is 0 Å². The summed E-state index contributed by atoms with van der Waals surface area (Å²) >= 11 is 0. The zero-order valence-electron chi connectivity index (χ0n) is 21.7. The van der Waals surface area contributed by atoms with Crippen LogP contribution in [0.4, 0.5) is 11.4 Å². The van der Waals surface area contributed by atoms with Crippen LogP contribution in [0.3, 0.4) is 0 Å². The molecular formula is C34H32N3+. The highest BCUT2D eigenvalue weighted by molar-refractivity contribution is 6.05. The van der Waals surface area contributed by atoms with Crippen LogP contribution in [-0.2, 0) is 5.41 Å². The van der Waals surface area contributed by atoms with Gasteiger partial charge in [0, 0.05) is 24.1 Å². The summed E-state index contributed by atoms with van der Waals surface area (Å²) in [5.74, 6) is 0. The second-order valence-corrected chi connectivity index (χ2v) is 10.4. The van der Waals surface area contributed by atoms with E-state index in [1.54, 1.807) is 0 Å². The molecule has 4 aromatic rings. The van der Waals surface area contributed by atoms with E-state index in [-0.39, 0.29) is 11.5 Å². The van der Waals surface area contributed by atoms with Crippen molar-refractivity contribution in [2.45, 2.75) is 31.7 Å². The largest absolute Gasteiger partial charge is 0.257 e. The van der Waals surface area contributed by atoms with Crippen LogP contribution >= 0.6 is 0 Å². The van der Waals surface area contributed by atoms with Gasteiger partial charge in [0.15, 0.2) is 5.71 Å². The highest BCUT2D eigenvalue weighted by atomic mass is 15.5. The topological polar surface area (TPSA) is 18.6 Å². The standard InChI is InChI=1S/C34H32N3/c1-34(2)29-16-10-11-17-31(29)36(3)33(34)23-20-25-18-21-28(22-19-25)37-32(27-14-8-5-9-15-27)24-30(35-37)26-12-6-4-7-13-26/h4-23,32H,24H2,1-3H3/q+1. The van der Waals surface area contributed by atoms with Crippen molar-refractivity contribution < 1.29 is 4.58 Å². The van der Waals surface area contributed by atoms with Crippen molar-refractivity contribution in [3.63, 3.8) is 0 Å². The molecule has 0 amide bonds. The average molecular weight is 483 g/mol. The van der Waals surface area contributed by atoms with Crippen molar-refractivity contribution in [1.29, 1.82) is 0 Å². The molecule has 0 saturated heterocycles. The number of benzene rings is 4. The molecule has 0 aromatic heterocycles. The van der Waals surface area contributed by atoms with E-state index in [9.17, 15) is 0 Å². The Hall–Kier alpha value is -4.24. The minimum Gasteiger partial charge on any atom is -0.257 e. The van der Waals surface area contributed by atoms with Gasteiger partial charge in [0.05, 0.1) is 22.9 Å². The number of fused-ring (bicyclic) bond motifs is 1. The van der Waals surface area contributed by atoms with E-state index in [1.807, 2.05) is 0 Å². The van der Waals surface area contributed by atoms with Gasteiger partial charge in [-0.1, -0.05) is 91.0 Å². The third-order valence-corrected chi connectivity index (χ3v) is 7.73. The van der Waals surface area contributed by atoms with Crippen molar-refractivity contribution in [2.24, 2.45) is 5.10 Å². The van der Waals surface area contributed by atoms with E-state index in [1.165, 1.54) is 33.7 Å². The first-order valence-electron chi connectivity index (χ1n) is 13.0. The smallest absolute Gasteiger partial charge is 0.209 e. The zero-order valence-corrected chi connectivity index (χ0v) is 21.7. The Bertz CT molecular complexity index is 1510. The predicted octanol–water partition coefficient (Wildman–Crippen LogP) is 7.76. The van der Waals surface area contributed by atoms with Gasteiger partial charge >= 0.3 is 0 Å². The molecule has 2 heterocycles. The van der Waals surface area contributed by atoms with Crippen molar-refractivity contribution >= 4 is 28.9 Å². The third kappa shape index (κ3) is 4.21. The van der Waals surface area contributed by atoms with Gasteiger partial charge in [0.25, 0.3) is 0 Å². The van der Waals surface area contributed by atoms with Crippen LogP contribution in [0.2, 0.25) is 0 Å². The number of para-hydroxylation sites is 1. The molecule has 0 bridgehead atoms. The maximum Gasteiger partial charge on any atom is 0.209 e. The third-order valence-electron chi connectivity index (χ3n) is 7.73. The molecule has 0 radical (unpaired) electrons. The minimum atomic E-state index is -0.0250. The molecule has 3 heteroatoms. The van der Waals surface area contributed by atoms with Crippen molar-refractivity contribution in [1.82, 2.24) is 0 Å². The first-order chi connectivity index (χ1) is 18.0. The summed E-state index contributed by atoms with van der Waals surface area (Å²) in [7, 11) is 2.16. The molecule has 37 heavy (non-hydrogen) atoms. The fourth-order valence-corrected chi connectivity index (χ4v) is 5.70. The molecule has 1 atom stereocenters. The Balaban J connectivity index is 1.29. The number of rotatable bonds is 5. The molecule has 6 rings (SSSR count). The summed E-state index contributed by atoms with van der Waals surface area (Å²) in [5, 5.41) is 7.28. The Morgan fingerprint density at radius 2 is 1.43 bits per heavy atom. The number of allylic oxidation sites excluding steroid dienone is 1. The van der Waals surface area contributed by atoms with Crippen LogP contribution in [-0.4, -0.2) is 23.0 Å². The Morgan fingerprint density at radius 3 is 2.14 bits per heavy atom. The Kier molecular flexibility index (Phi) is 5.84. The highest BCUT2D eigenvalue weighted by Crippen LogP contribution is 2.39. The van der Waals surface area contributed by atoms with E-state index < -0.39 is 0 Å². The van der Waals surface area contributed by atoms with Crippen LogP contribution in [0.5, 0.6) is 0 Å². The lowest BCUT2D eigenvalue weighted by atomic mass is 9.81. The van der Waals surface area contributed by atoms with Gasteiger partial charge in [-0.15, -0.1) is 0 Å². The van der Waals surface area contributed by atoms with Gasteiger partial charge in [0.2, 0.25) is 5.69 Å². The van der Waals surface area contributed by atoms with Crippen LogP contribution in [0.15, 0.2) is 120 Å². The van der Waals surface area contributed by atoms with Crippen LogP contribution in [0.1, 0.15) is 48.6 Å². The molecule has 0 aliphatic carbocycles. The Morgan fingerprint density at radius 1 is 0.784 bits per heavy atom. The average Bonchev–Trinajstić information content (AvgIpc) is 3.47. The van der Waals surface area contributed by atoms with Gasteiger partial charge in [-0.2, -0.15) is 9.68 Å². The monoisotopic (exact) mass is 482 g/mol. The fraction of sp³-hybridized carbons (Fsp3) is 0.176. The van der Waals surface area contributed by atoms with Gasteiger partial charge in [0.1, 0.15) is 7.05 Å². The van der Waals surface area contributed by atoms with E-state index in [4.69, 9.17) is 5.10 Å². The van der Waals surface area contributed by atoms with E-state index in [0.717, 1.165) is 17.8 Å². The van der Waals surface area contributed by atoms with Crippen LogP contribution in [0, 0.1) is 0 Å². The normalized spacial score (nSPS) is 18.4. The van der Waals surface area contributed by atoms with Gasteiger partial charge in [-0.25, -0.2) is 0 Å². The molecule has 0 spiro atoms. The maximum absolute atomic E-state index is 5.10. The Labute approximate surface area is 219 Å². The first kappa shape index (κ1) is 23.2. The summed E-state index contributed by atoms with van der Waals surface area (Å²) in [5.41, 5.74) is 9.82. The molecule has 0 N–H and O–H groups in total. The van der Waals surface area contributed by atoms with Crippen molar-refractivity contribution in [3.8, 4) is 0 Å². The number of hydrogen-bond acceptors (Lipinski definition) is 2. The number of hydrogen-bond donors (Lipinski definition) is 0. The van der Waals surface area contributed by atoms with Crippen LogP contribution < -0.4 is 5.01 Å². The summed E-state index contributed by atoms with van der Waals surface area (Å²) in [6.45, 7) is 4.61. The molecule has 0 fully saturated rings. The van der Waals surface area contributed by atoms with Crippen LogP contribution in [0.25, 0.3) is 6.08 Å². The van der Waals surface area contributed by atoms with E-state index >= 15 is 0 Å². The molecule has 0 saturated carbocycles. The van der Waals surface area contributed by atoms with Crippen molar-refractivity contribution in [3.05, 3.63) is 138 Å². The molecular weight excluding hydrogens is 450 g/mol. The zero-order chi connectivity index (χ0) is 25.4. The number of hydrazone groups is 1.